The SMILES string of the molecule is CC(C)=CC[C@H](Sc1ccc(C)cc1)[C@H](OC(=O)c1ccccc1)C(F)F. The van der Waals surface area contributed by atoms with Gasteiger partial charge in [-0.15, -0.1) is 11.8 Å². The first-order chi connectivity index (χ1) is 12.9. The topological polar surface area (TPSA) is 26.3 Å². The van der Waals surface area contributed by atoms with Crippen LogP contribution in [0, 0.1) is 6.92 Å². The van der Waals surface area contributed by atoms with Crippen molar-refractivity contribution in [3.63, 3.8) is 0 Å². The fraction of sp³-hybridized carbons (Fsp3) is 0.318. The van der Waals surface area contributed by atoms with E-state index in [9.17, 15) is 13.6 Å². The van der Waals surface area contributed by atoms with Crippen LogP contribution < -0.4 is 0 Å². The summed E-state index contributed by atoms with van der Waals surface area (Å²) in [5.41, 5.74) is 2.40. The highest BCUT2D eigenvalue weighted by Gasteiger charge is 2.34. The van der Waals surface area contributed by atoms with Gasteiger partial charge in [-0.1, -0.05) is 47.5 Å². The molecule has 0 amide bonds. The number of allylic oxidation sites excluding steroid dienone is 2. The number of aryl methyl sites for hydroxylation is 1. The van der Waals surface area contributed by atoms with Crippen LogP contribution in [0.4, 0.5) is 8.78 Å². The molecule has 0 bridgehead atoms. The second kappa shape index (κ2) is 10.3. The van der Waals surface area contributed by atoms with Crippen molar-refractivity contribution in [2.45, 2.75) is 49.9 Å². The molecule has 0 fully saturated rings. The van der Waals surface area contributed by atoms with E-state index in [0.717, 1.165) is 16.0 Å². The van der Waals surface area contributed by atoms with Gasteiger partial charge in [-0.25, -0.2) is 13.6 Å². The summed E-state index contributed by atoms with van der Waals surface area (Å²) in [6.07, 6.45) is -1.99. The third kappa shape index (κ3) is 6.83. The zero-order valence-electron chi connectivity index (χ0n) is 15.7. The van der Waals surface area contributed by atoms with Crippen molar-refractivity contribution in [2.75, 3.05) is 0 Å². The monoisotopic (exact) mass is 390 g/mol. The van der Waals surface area contributed by atoms with Gasteiger partial charge < -0.3 is 4.74 Å². The number of halogens is 2. The molecule has 2 aromatic carbocycles. The quantitative estimate of drug-likeness (QED) is 0.300. The Kier molecular flexibility index (Phi) is 8.04. The van der Waals surface area contributed by atoms with Crippen LogP contribution in [0.2, 0.25) is 0 Å². The summed E-state index contributed by atoms with van der Waals surface area (Å²) in [7, 11) is 0. The number of rotatable bonds is 8. The van der Waals surface area contributed by atoms with Crippen LogP contribution in [0.3, 0.4) is 0 Å². The van der Waals surface area contributed by atoms with Crippen LogP contribution in [-0.2, 0) is 4.74 Å². The summed E-state index contributed by atoms with van der Waals surface area (Å²) in [5.74, 6) is -0.729. The minimum atomic E-state index is -2.77. The predicted molar refractivity (Wildman–Crippen MR) is 107 cm³/mol. The van der Waals surface area contributed by atoms with Gasteiger partial charge in [-0.2, -0.15) is 0 Å². The second-order valence-corrected chi connectivity index (χ2v) is 7.87. The van der Waals surface area contributed by atoms with Crippen molar-refractivity contribution in [1.82, 2.24) is 0 Å². The van der Waals surface area contributed by atoms with Gasteiger partial charge >= 0.3 is 5.97 Å². The zero-order chi connectivity index (χ0) is 19.8. The number of ether oxygens (including phenoxy) is 1. The van der Waals surface area contributed by atoms with Gasteiger partial charge in [0.25, 0.3) is 6.43 Å². The standard InChI is InChI=1S/C22H24F2O2S/c1-15(2)9-14-19(27-18-12-10-16(3)11-13-18)20(21(23)24)26-22(25)17-7-5-4-6-8-17/h4-13,19-21H,14H2,1-3H3/t19-,20-/m0/s1. The molecule has 0 heterocycles. The van der Waals surface area contributed by atoms with E-state index in [1.807, 2.05) is 51.1 Å². The first-order valence-corrected chi connectivity index (χ1v) is 9.65. The number of alkyl halides is 2. The predicted octanol–water partition coefficient (Wildman–Crippen LogP) is 6.30. The van der Waals surface area contributed by atoms with E-state index in [1.165, 1.54) is 11.8 Å². The molecule has 0 saturated carbocycles. The fourth-order valence-electron chi connectivity index (χ4n) is 2.45. The molecule has 0 saturated heterocycles. The van der Waals surface area contributed by atoms with Crippen molar-refractivity contribution >= 4 is 17.7 Å². The Morgan fingerprint density at radius 1 is 1.07 bits per heavy atom. The molecule has 0 spiro atoms. The van der Waals surface area contributed by atoms with Crippen molar-refractivity contribution in [3.05, 3.63) is 77.4 Å². The number of carbonyl (C=O) groups excluding carboxylic acids is 1. The lowest BCUT2D eigenvalue weighted by Crippen LogP contribution is -2.35. The van der Waals surface area contributed by atoms with Gasteiger partial charge in [-0.05, 0) is 51.5 Å². The van der Waals surface area contributed by atoms with Gasteiger partial charge in [0.2, 0.25) is 0 Å². The van der Waals surface area contributed by atoms with E-state index in [-0.39, 0.29) is 5.56 Å². The highest BCUT2D eigenvalue weighted by Crippen LogP contribution is 2.32. The zero-order valence-corrected chi connectivity index (χ0v) is 16.5. The average molecular weight is 390 g/mol. The van der Waals surface area contributed by atoms with Gasteiger partial charge in [0, 0.05) is 4.90 Å². The number of thioether (sulfide) groups is 1. The molecule has 2 nitrogen and oxygen atoms in total. The molecule has 144 valence electrons. The second-order valence-electron chi connectivity index (χ2n) is 6.56. The largest absolute Gasteiger partial charge is 0.451 e. The summed E-state index contributed by atoms with van der Waals surface area (Å²) in [6, 6.07) is 15.9. The molecule has 0 unspecified atom stereocenters. The smallest absolute Gasteiger partial charge is 0.338 e. The van der Waals surface area contributed by atoms with Crippen LogP contribution in [-0.4, -0.2) is 23.7 Å². The van der Waals surface area contributed by atoms with Gasteiger partial charge in [-0.3, -0.25) is 0 Å². The summed E-state index contributed by atoms with van der Waals surface area (Å²) in [6.45, 7) is 5.81. The Labute approximate surface area is 163 Å². The molecule has 5 heteroatoms. The van der Waals surface area contributed by atoms with Crippen LogP contribution in [0.5, 0.6) is 0 Å². The van der Waals surface area contributed by atoms with E-state index in [4.69, 9.17) is 4.74 Å². The van der Waals surface area contributed by atoms with Crippen LogP contribution >= 0.6 is 11.8 Å². The maximum absolute atomic E-state index is 13.8. The lowest BCUT2D eigenvalue weighted by molar-refractivity contribution is -0.0335. The third-order valence-electron chi connectivity index (χ3n) is 3.93. The molecular weight excluding hydrogens is 366 g/mol. The van der Waals surface area contributed by atoms with E-state index in [0.29, 0.717) is 6.42 Å². The number of hydrogen-bond donors (Lipinski definition) is 0. The molecule has 0 N–H and O–H groups in total. The van der Waals surface area contributed by atoms with Crippen molar-refractivity contribution in [2.24, 2.45) is 0 Å². The molecule has 2 atom stereocenters. The van der Waals surface area contributed by atoms with Crippen molar-refractivity contribution in [1.29, 1.82) is 0 Å². The molecule has 0 aromatic heterocycles. The third-order valence-corrected chi connectivity index (χ3v) is 5.24. The molecule has 0 aliphatic carbocycles. The van der Waals surface area contributed by atoms with Gasteiger partial charge in [0.1, 0.15) is 0 Å². The molecule has 2 rings (SSSR count). The number of carbonyl (C=O) groups is 1. The fourth-order valence-corrected chi connectivity index (χ4v) is 3.59. The minimum absolute atomic E-state index is 0.268. The molecule has 0 radical (unpaired) electrons. The Hall–Kier alpha value is -2.14. The van der Waals surface area contributed by atoms with Crippen LogP contribution in [0.15, 0.2) is 71.1 Å². The lowest BCUT2D eigenvalue weighted by Gasteiger charge is -2.25. The van der Waals surface area contributed by atoms with Gasteiger partial charge in [0.15, 0.2) is 6.10 Å². The highest BCUT2D eigenvalue weighted by molar-refractivity contribution is 8.00. The maximum atomic E-state index is 13.8. The molecule has 2 aromatic rings. The van der Waals surface area contributed by atoms with E-state index in [1.54, 1.807) is 30.3 Å². The summed E-state index contributed by atoms with van der Waals surface area (Å²) in [5, 5.41) is -0.588. The van der Waals surface area contributed by atoms with Gasteiger partial charge in [0.05, 0.1) is 10.8 Å². The summed E-state index contributed by atoms with van der Waals surface area (Å²) >= 11 is 1.31. The first-order valence-electron chi connectivity index (χ1n) is 8.77. The minimum Gasteiger partial charge on any atom is -0.451 e. The Morgan fingerprint density at radius 2 is 1.70 bits per heavy atom. The first kappa shape index (κ1) is 21.2. The van der Waals surface area contributed by atoms with E-state index < -0.39 is 23.7 Å². The van der Waals surface area contributed by atoms with Crippen LogP contribution in [0.1, 0.15) is 36.2 Å². The highest BCUT2D eigenvalue weighted by atomic mass is 32.2. The maximum Gasteiger partial charge on any atom is 0.338 e. The normalized spacial score (nSPS) is 13.1. The summed E-state index contributed by atoms with van der Waals surface area (Å²) in [4.78, 5) is 13.2. The Morgan fingerprint density at radius 3 is 2.26 bits per heavy atom. The number of esters is 1. The molecular formula is C22H24F2O2S. The summed E-state index contributed by atoms with van der Waals surface area (Å²) < 4.78 is 32.9. The Bertz CT molecular complexity index is 754. The molecule has 0 aliphatic rings. The number of hydrogen-bond acceptors (Lipinski definition) is 3. The Balaban J connectivity index is 2.22. The van der Waals surface area contributed by atoms with Crippen molar-refractivity contribution in [3.8, 4) is 0 Å². The van der Waals surface area contributed by atoms with E-state index in [2.05, 4.69) is 0 Å². The number of benzene rings is 2. The van der Waals surface area contributed by atoms with Crippen molar-refractivity contribution < 1.29 is 18.3 Å². The van der Waals surface area contributed by atoms with Crippen LogP contribution in [0.25, 0.3) is 0 Å². The molecule has 0 aliphatic heterocycles. The average Bonchev–Trinajstić information content (AvgIpc) is 2.65. The van der Waals surface area contributed by atoms with E-state index >= 15 is 0 Å². The molecule has 27 heavy (non-hydrogen) atoms. The lowest BCUT2D eigenvalue weighted by atomic mass is 10.1.